The van der Waals surface area contributed by atoms with E-state index < -0.39 is 0 Å². The smallest absolute Gasteiger partial charge is 0.123 e. The number of phenolic OH excluding ortho intramolecular Hbond substituents is 1. The van der Waals surface area contributed by atoms with Crippen LogP contribution in [0.1, 0.15) is 18.4 Å². The van der Waals surface area contributed by atoms with Crippen molar-refractivity contribution in [2.45, 2.75) is 32.0 Å². The first-order chi connectivity index (χ1) is 9.72. The number of likely N-dealkylation sites (tertiary alicyclic amines) is 1. The first-order valence-electron chi connectivity index (χ1n) is 6.89. The molecule has 4 nitrogen and oxygen atoms in total. The minimum absolute atomic E-state index is 0.166. The van der Waals surface area contributed by atoms with Crippen LogP contribution in [0, 0.1) is 5.82 Å². The van der Waals surface area contributed by atoms with Crippen LogP contribution in [0.2, 0.25) is 0 Å². The van der Waals surface area contributed by atoms with E-state index in [1.807, 2.05) is 12.5 Å². The number of aromatic nitrogens is 2. The fraction of sp³-hybridized carbons (Fsp3) is 0.400. The number of aromatic hydroxyl groups is 1. The van der Waals surface area contributed by atoms with Crippen LogP contribution >= 0.6 is 0 Å². The highest BCUT2D eigenvalue weighted by Crippen LogP contribution is 2.25. The highest BCUT2D eigenvalue weighted by atomic mass is 19.1. The van der Waals surface area contributed by atoms with E-state index in [2.05, 4.69) is 14.5 Å². The minimum atomic E-state index is -0.303. The minimum Gasteiger partial charge on any atom is -0.508 e. The zero-order valence-electron chi connectivity index (χ0n) is 11.2. The number of hydrogen-bond donors (Lipinski definition) is 1. The van der Waals surface area contributed by atoms with Crippen LogP contribution in [0.4, 0.5) is 4.39 Å². The van der Waals surface area contributed by atoms with Crippen molar-refractivity contribution in [1.82, 2.24) is 14.5 Å². The molecular weight excluding hydrogens is 257 g/mol. The Hall–Kier alpha value is -1.88. The molecular formula is C15H18FN3O. The van der Waals surface area contributed by atoms with E-state index in [9.17, 15) is 9.50 Å². The Kier molecular flexibility index (Phi) is 3.69. The third-order valence-corrected chi connectivity index (χ3v) is 3.89. The number of phenols is 1. The monoisotopic (exact) mass is 275 g/mol. The molecule has 2 aromatic rings. The van der Waals surface area contributed by atoms with Gasteiger partial charge in [-0.05, 0) is 37.6 Å². The summed E-state index contributed by atoms with van der Waals surface area (Å²) in [4.78, 5) is 6.35. The largest absolute Gasteiger partial charge is 0.508 e. The maximum atomic E-state index is 13.3. The molecule has 0 saturated carbocycles. The van der Waals surface area contributed by atoms with Gasteiger partial charge in [0.1, 0.15) is 11.6 Å². The molecule has 20 heavy (non-hydrogen) atoms. The van der Waals surface area contributed by atoms with Gasteiger partial charge in [0, 0.05) is 37.1 Å². The van der Waals surface area contributed by atoms with Crippen molar-refractivity contribution in [2.75, 3.05) is 6.54 Å². The molecule has 1 aliphatic rings. The van der Waals surface area contributed by atoms with Crippen molar-refractivity contribution in [1.29, 1.82) is 0 Å². The molecule has 106 valence electrons. The van der Waals surface area contributed by atoms with Gasteiger partial charge in [-0.15, -0.1) is 0 Å². The van der Waals surface area contributed by atoms with Crippen molar-refractivity contribution in [2.24, 2.45) is 0 Å². The molecule has 5 heteroatoms. The molecule has 0 amide bonds. The van der Waals surface area contributed by atoms with Crippen molar-refractivity contribution in [3.05, 3.63) is 48.3 Å². The normalized spacial score (nSPS) is 19.6. The molecule has 2 heterocycles. The van der Waals surface area contributed by atoms with Crippen molar-refractivity contribution >= 4 is 0 Å². The van der Waals surface area contributed by atoms with Gasteiger partial charge in [0.25, 0.3) is 0 Å². The zero-order chi connectivity index (χ0) is 13.9. The third kappa shape index (κ3) is 2.82. The lowest BCUT2D eigenvalue weighted by Crippen LogP contribution is -2.32. The molecule has 1 aliphatic heterocycles. The second-order valence-corrected chi connectivity index (χ2v) is 5.30. The van der Waals surface area contributed by atoms with E-state index in [1.165, 1.54) is 18.2 Å². The van der Waals surface area contributed by atoms with Crippen molar-refractivity contribution < 1.29 is 9.50 Å². The quantitative estimate of drug-likeness (QED) is 0.931. The average molecular weight is 275 g/mol. The first kappa shape index (κ1) is 13.1. The lowest BCUT2D eigenvalue weighted by atomic mass is 10.1. The van der Waals surface area contributed by atoms with Crippen LogP contribution in [0.15, 0.2) is 36.9 Å². The Morgan fingerprint density at radius 3 is 3.10 bits per heavy atom. The van der Waals surface area contributed by atoms with Crippen molar-refractivity contribution in [3.63, 3.8) is 0 Å². The van der Waals surface area contributed by atoms with Crippen LogP contribution in [0.3, 0.4) is 0 Å². The molecule has 1 N–H and O–H groups in total. The van der Waals surface area contributed by atoms with Crippen LogP contribution in [-0.4, -0.2) is 32.1 Å². The van der Waals surface area contributed by atoms with E-state index in [0.29, 0.717) is 18.2 Å². The van der Waals surface area contributed by atoms with Crippen LogP contribution in [-0.2, 0) is 13.1 Å². The Balaban J connectivity index is 1.71. The van der Waals surface area contributed by atoms with E-state index in [0.717, 1.165) is 25.9 Å². The summed E-state index contributed by atoms with van der Waals surface area (Å²) in [6.45, 7) is 2.45. The van der Waals surface area contributed by atoms with E-state index in [1.54, 1.807) is 6.20 Å². The highest BCUT2D eigenvalue weighted by Gasteiger charge is 2.25. The Labute approximate surface area is 117 Å². The number of hydrogen-bond acceptors (Lipinski definition) is 3. The molecule has 1 aromatic carbocycles. The molecule has 0 spiro atoms. The average Bonchev–Trinajstić information content (AvgIpc) is 3.07. The fourth-order valence-corrected chi connectivity index (χ4v) is 2.85. The molecule has 0 bridgehead atoms. The molecule has 1 fully saturated rings. The number of benzene rings is 1. The van der Waals surface area contributed by atoms with E-state index >= 15 is 0 Å². The summed E-state index contributed by atoms with van der Waals surface area (Å²) < 4.78 is 15.3. The predicted molar refractivity (Wildman–Crippen MR) is 73.7 cm³/mol. The Morgan fingerprint density at radius 1 is 1.40 bits per heavy atom. The maximum Gasteiger partial charge on any atom is 0.123 e. The van der Waals surface area contributed by atoms with Gasteiger partial charge < -0.3 is 9.67 Å². The van der Waals surface area contributed by atoms with Gasteiger partial charge >= 0.3 is 0 Å². The second kappa shape index (κ2) is 5.63. The summed E-state index contributed by atoms with van der Waals surface area (Å²) in [5, 5.41) is 9.83. The molecule has 1 atom stereocenters. The summed E-state index contributed by atoms with van der Waals surface area (Å²) >= 11 is 0. The molecule has 3 rings (SSSR count). The topological polar surface area (TPSA) is 41.3 Å². The summed E-state index contributed by atoms with van der Waals surface area (Å²) in [5.74, 6) is -0.136. The van der Waals surface area contributed by atoms with Gasteiger partial charge in [0.2, 0.25) is 0 Å². The second-order valence-electron chi connectivity index (χ2n) is 5.30. The lowest BCUT2D eigenvalue weighted by molar-refractivity contribution is 0.221. The molecule has 1 saturated heterocycles. The zero-order valence-corrected chi connectivity index (χ0v) is 11.2. The summed E-state index contributed by atoms with van der Waals surface area (Å²) in [7, 11) is 0. The fourth-order valence-electron chi connectivity index (χ4n) is 2.85. The lowest BCUT2D eigenvalue weighted by Gasteiger charge is -2.25. The molecule has 1 aromatic heterocycles. The van der Waals surface area contributed by atoms with Crippen LogP contribution < -0.4 is 0 Å². The van der Waals surface area contributed by atoms with Gasteiger partial charge in [-0.2, -0.15) is 0 Å². The molecule has 0 aliphatic carbocycles. The number of halogens is 1. The van der Waals surface area contributed by atoms with Gasteiger partial charge in [-0.3, -0.25) is 4.90 Å². The summed E-state index contributed by atoms with van der Waals surface area (Å²) in [6.07, 6.45) is 7.80. The number of nitrogens with zero attached hydrogens (tertiary/aromatic N) is 3. The highest BCUT2D eigenvalue weighted by molar-refractivity contribution is 5.32. The Bertz CT molecular complexity index is 571. The van der Waals surface area contributed by atoms with E-state index in [-0.39, 0.29) is 11.6 Å². The number of rotatable bonds is 4. The van der Waals surface area contributed by atoms with Crippen molar-refractivity contribution in [3.8, 4) is 5.75 Å². The van der Waals surface area contributed by atoms with Gasteiger partial charge in [-0.25, -0.2) is 9.37 Å². The van der Waals surface area contributed by atoms with Gasteiger partial charge in [-0.1, -0.05) is 0 Å². The standard InChI is InChI=1S/C15H18FN3O/c16-13-3-4-15(20)12(8-13)9-19-6-1-2-14(19)10-18-7-5-17-11-18/h3-5,7-8,11,14,20H,1-2,6,9-10H2/t14-/m0/s1. The summed E-state index contributed by atoms with van der Waals surface area (Å²) in [5.41, 5.74) is 0.655. The van der Waals surface area contributed by atoms with Gasteiger partial charge in [0.15, 0.2) is 0 Å². The van der Waals surface area contributed by atoms with E-state index in [4.69, 9.17) is 0 Å². The summed E-state index contributed by atoms with van der Waals surface area (Å²) in [6, 6.07) is 4.53. The molecule has 0 radical (unpaired) electrons. The number of imidazole rings is 1. The third-order valence-electron chi connectivity index (χ3n) is 3.89. The van der Waals surface area contributed by atoms with Crippen LogP contribution in [0.5, 0.6) is 5.75 Å². The predicted octanol–water partition coefficient (Wildman–Crippen LogP) is 2.39. The molecule has 0 unspecified atom stereocenters. The Morgan fingerprint density at radius 2 is 2.30 bits per heavy atom. The SMILES string of the molecule is Oc1ccc(F)cc1CN1CCC[C@H]1Cn1ccnc1. The van der Waals surface area contributed by atoms with Crippen LogP contribution in [0.25, 0.3) is 0 Å². The van der Waals surface area contributed by atoms with Gasteiger partial charge in [0.05, 0.1) is 6.33 Å². The maximum absolute atomic E-state index is 13.3. The first-order valence-corrected chi connectivity index (χ1v) is 6.89.